The van der Waals surface area contributed by atoms with Gasteiger partial charge in [0.1, 0.15) is 0 Å². The number of carbonyl (C=O) groups excluding carboxylic acids is 1. The third-order valence-electron chi connectivity index (χ3n) is 3.42. The minimum Gasteiger partial charge on any atom is -0.389 e. The Labute approximate surface area is 143 Å². The zero-order valence-corrected chi connectivity index (χ0v) is 14.4. The van der Waals surface area contributed by atoms with E-state index in [9.17, 15) is 9.90 Å². The van der Waals surface area contributed by atoms with Gasteiger partial charge in [-0.1, -0.05) is 30.3 Å². The van der Waals surface area contributed by atoms with Crippen molar-refractivity contribution < 1.29 is 9.90 Å². The van der Waals surface area contributed by atoms with Crippen LogP contribution in [0, 0.1) is 6.92 Å². The van der Waals surface area contributed by atoms with Gasteiger partial charge >= 0.3 is 0 Å². The number of nitrogens with zero attached hydrogens (tertiary/aromatic N) is 2. The largest absolute Gasteiger partial charge is 0.389 e. The van der Waals surface area contributed by atoms with Crippen LogP contribution in [-0.2, 0) is 11.3 Å². The number of amides is 1. The van der Waals surface area contributed by atoms with E-state index in [1.807, 2.05) is 43.3 Å². The molecule has 0 spiro atoms. The molecule has 1 heterocycles. The summed E-state index contributed by atoms with van der Waals surface area (Å²) in [5.74, 6) is -0.137. The number of hydrogen-bond donors (Lipinski definition) is 1. The maximum atomic E-state index is 12.6. The average Bonchev–Trinajstić information content (AvgIpc) is 2.52. The zero-order valence-electron chi connectivity index (χ0n) is 14.4. The molecule has 0 saturated heterocycles. The van der Waals surface area contributed by atoms with Crippen molar-refractivity contribution in [3.05, 3.63) is 71.6 Å². The summed E-state index contributed by atoms with van der Waals surface area (Å²) in [4.78, 5) is 18.4. The predicted molar refractivity (Wildman–Crippen MR) is 96.2 cm³/mol. The standard InChI is InChI=1S/C20H24N2O2/c1-16-11-18(13-21-12-16)9-10-19(23)22(15-20(2,3)24)14-17-7-5-4-6-8-17/h4-13,24H,14-15H2,1-3H3/b10-9+. The van der Waals surface area contributed by atoms with Gasteiger partial charge in [0.25, 0.3) is 0 Å². The normalized spacial score (nSPS) is 11.7. The highest BCUT2D eigenvalue weighted by Crippen LogP contribution is 2.12. The van der Waals surface area contributed by atoms with Gasteiger partial charge in [0.2, 0.25) is 5.91 Å². The molecule has 1 aromatic heterocycles. The van der Waals surface area contributed by atoms with Crippen molar-refractivity contribution in [1.29, 1.82) is 0 Å². The van der Waals surface area contributed by atoms with Crippen LogP contribution in [0.2, 0.25) is 0 Å². The van der Waals surface area contributed by atoms with Crippen molar-refractivity contribution in [1.82, 2.24) is 9.88 Å². The van der Waals surface area contributed by atoms with E-state index in [-0.39, 0.29) is 12.5 Å². The first-order chi connectivity index (χ1) is 11.3. The summed E-state index contributed by atoms with van der Waals surface area (Å²) in [6.45, 7) is 6.08. The van der Waals surface area contributed by atoms with Gasteiger partial charge in [-0.3, -0.25) is 9.78 Å². The smallest absolute Gasteiger partial charge is 0.246 e. The zero-order chi connectivity index (χ0) is 17.6. The van der Waals surface area contributed by atoms with Gasteiger partial charge in [0.15, 0.2) is 0 Å². The first kappa shape index (κ1) is 17.9. The molecule has 126 valence electrons. The molecule has 0 fully saturated rings. The molecule has 4 nitrogen and oxygen atoms in total. The van der Waals surface area contributed by atoms with Crippen LogP contribution in [-0.4, -0.2) is 33.0 Å². The molecule has 1 N–H and O–H groups in total. The highest BCUT2D eigenvalue weighted by Gasteiger charge is 2.21. The van der Waals surface area contributed by atoms with Gasteiger partial charge in [0.05, 0.1) is 5.60 Å². The average molecular weight is 324 g/mol. The molecule has 0 saturated carbocycles. The highest BCUT2D eigenvalue weighted by molar-refractivity contribution is 5.91. The van der Waals surface area contributed by atoms with Crippen molar-refractivity contribution in [3.8, 4) is 0 Å². The summed E-state index contributed by atoms with van der Waals surface area (Å²) in [7, 11) is 0. The summed E-state index contributed by atoms with van der Waals surface area (Å²) >= 11 is 0. The van der Waals surface area contributed by atoms with Gasteiger partial charge in [0, 0.05) is 31.6 Å². The molecular formula is C20H24N2O2. The topological polar surface area (TPSA) is 53.4 Å². The van der Waals surface area contributed by atoms with Gasteiger partial charge in [-0.2, -0.15) is 0 Å². The molecule has 0 aliphatic carbocycles. The minimum absolute atomic E-state index is 0.137. The van der Waals surface area contributed by atoms with Crippen molar-refractivity contribution in [2.45, 2.75) is 32.9 Å². The maximum Gasteiger partial charge on any atom is 0.246 e. The number of aliphatic hydroxyl groups is 1. The fourth-order valence-corrected chi connectivity index (χ4v) is 2.43. The maximum absolute atomic E-state index is 12.6. The van der Waals surface area contributed by atoms with Crippen LogP contribution >= 0.6 is 0 Å². The molecule has 0 atom stereocenters. The molecule has 0 unspecified atom stereocenters. The number of pyridine rings is 1. The molecule has 0 aliphatic heterocycles. The van der Waals surface area contributed by atoms with Crippen LogP contribution in [0.4, 0.5) is 0 Å². The number of hydrogen-bond acceptors (Lipinski definition) is 3. The van der Waals surface area contributed by atoms with Gasteiger partial charge in [-0.05, 0) is 49.6 Å². The second-order valence-electron chi connectivity index (χ2n) is 6.62. The van der Waals surface area contributed by atoms with Crippen molar-refractivity contribution >= 4 is 12.0 Å². The van der Waals surface area contributed by atoms with E-state index < -0.39 is 5.60 Å². The van der Waals surface area contributed by atoms with Crippen molar-refractivity contribution in [3.63, 3.8) is 0 Å². The molecule has 1 aromatic carbocycles. The number of aryl methyl sites for hydroxylation is 1. The quantitative estimate of drug-likeness (QED) is 0.830. The lowest BCUT2D eigenvalue weighted by Gasteiger charge is -2.28. The van der Waals surface area contributed by atoms with Crippen LogP contribution < -0.4 is 0 Å². The summed E-state index contributed by atoms with van der Waals surface area (Å²) in [6.07, 6.45) is 6.78. The molecule has 0 bridgehead atoms. The third-order valence-corrected chi connectivity index (χ3v) is 3.42. The summed E-state index contributed by atoms with van der Waals surface area (Å²) in [5, 5.41) is 10.1. The van der Waals surface area contributed by atoms with E-state index in [2.05, 4.69) is 4.98 Å². The Morgan fingerprint density at radius 2 is 1.96 bits per heavy atom. The van der Waals surface area contributed by atoms with Crippen LogP contribution in [0.3, 0.4) is 0 Å². The van der Waals surface area contributed by atoms with Gasteiger partial charge in [-0.15, -0.1) is 0 Å². The molecule has 24 heavy (non-hydrogen) atoms. The monoisotopic (exact) mass is 324 g/mol. The molecular weight excluding hydrogens is 300 g/mol. The Morgan fingerprint density at radius 3 is 2.58 bits per heavy atom. The molecule has 2 rings (SSSR count). The van der Waals surface area contributed by atoms with Crippen LogP contribution in [0.5, 0.6) is 0 Å². The SMILES string of the molecule is Cc1cncc(/C=C/C(=O)N(Cc2ccccc2)CC(C)(C)O)c1. The minimum atomic E-state index is -0.955. The van der Waals surface area contributed by atoms with Crippen LogP contribution in [0.15, 0.2) is 54.9 Å². The first-order valence-corrected chi connectivity index (χ1v) is 7.98. The Kier molecular flexibility index (Phi) is 5.88. The Balaban J connectivity index is 2.14. The highest BCUT2D eigenvalue weighted by atomic mass is 16.3. The van der Waals surface area contributed by atoms with Crippen LogP contribution in [0.1, 0.15) is 30.5 Å². The Morgan fingerprint density at radius 1 is 1.25 bits per heavy atom. The molecule has 1 amide bonds. The number of rotatable bonds is 6. The van der Waals surface area contributed by atoms with Crippen molar-refractivity contribution in [2.75, 3.05) is 6.54 Å². The lowest BCUT2D eigenvalue weighted by Crippen LogP contribution is -2.41. The Hall–Kier alpha value is -2.46. The molecule has 2 aromatic rings. The third kappa shape index (κ3) is 5.97. The van der Waals surface area contributed by atoms with E-state index in [1.165, 1.54) is 6.08 Å². The molecule has 0 aliphatic rings. The predicted octanol–water partition coefficient (Wildman–Crippen LogP) is 3.20. The van der Waals surface area contributed by atoms with E-state index in [0.29, 0.717) is 6.54 Å². The summed E-state index contributed by atoms with van der Waals surface area (Å²) in [5.41, 5.74) is 2.00. The summed E-state index contributed by atoms with van der Waals surface area (Å²) in [6, 6.07) is 11.7. The molecule has 4 heteroatoms. The number of benzene rings is 1. The fraction of sp³-hybridized carbons (Fsp3) is 0.300. The first-order valence-electron chi connectivity index (χ1n) is 7.98. The van der Waals surface area contributed by atoms with E-state index in [4.69, 9.17) is 0 Å². The van der Waals surface area contributed by atoms with Crippen LogP contribution in [0.25, 0.3) is 6.08 Å². The van der Waals surface area contributed by atoms with E-state index in [0.717, 1.165) is 16.7 Å². The number of aromatic nitrogens is 1. The Bertz CT molecular complexity index is 703. The second-order valence-corrected chi connectivity index (χ2v) is 6.62. The second kappa shape index (κ2) is 7.88. The van der Waals surface area contributed by atoms with Gasteiger partial charge in [-0.25, -0.2) is 0 Å². The fourth-order valence-electron chi connectivity index (χ4n) is 2.43. The number of carbonyl (C=O) groups is 1. The van der Waals surface area contributed by atoms with Gasteiger partial charge < -0.3 is 10.0 Å². The lowest BCUT2D eigenvalue weighted by molar-refractivity contribution is -0.129. The van der Waals surface area contributed by atoms with E-state index in [1.54, 1.807) is 37.2 Å². The lowest BCUT2D eigenvalue weighted by atomic mass is 10.1. The van der Waals surface area contributed by atoms with Crippen molar-refractivity contribution in [2.24, 2.45) is 0 Å². The van der Waals surface area contributed by atoms with E-state index >= 15 is 0 Å². The molecule has 0 radical (unpaired) electrons. The summed E-state index contributed by atoms with van der Waals surface area (Å²) < 4.78 is 0.